The Morgan fingerprint density at radius 1 is 1.80 bits per heavy atom. The number of aliphatic carboxylic acids is 1. The van der Waals surface area contributed by atoms with Crippen LogP contribution >= 0.6 is 11.8 Å². The van der Waals surface area contributed by atoms with Crippen LogP contribution in [0.4, 0.5) is 0 Å². The molecule has 0 heterocycles. The molecular weight excluding hydrogens is 347 g/mol. The third kappa shape index (κ3) is 6.78. The summed E-state index contributed by atoms with van der Waals surface area (Å²) in [6.45, 7) is 0. The molecule has 0 bridgehead atoms. The molecule has 0 rings (SSSR count). The predicted octanol–water partition coefficient (Wildman–Crippen LogP) is -1.03. The Morgan fingerprint density at radius 3 is 2.60 bits per heavy atom. The van der Waals surface area contributed by atoms with Crippen molar-refractivity contribution in [3.8, 4) is 0 Å². The predicted molar refractivity (Wildman–Crippen MR) is 48.5 cm³/mol. The van der Waals surface area contributed by atoms with Gasteiger partial charge in [0.05, 0.1) is 0 Å². The zero-order valence-corrected chi connectivity index (χ0v) is 12.4. The number of rotatable bonds is 4. The quantitative estimate of drug-likeness (QED) is 0.629. The van der Waals surface area contributed by atoms with Crippen molar-refractivity contribution in [2.75, 3.05) is 12.0 Å². The molecule has 0 aromatic carbocycles. The third-order valence-electron chi connectivity index (χ3n) is 0.950. The van der Waals surface area contributed by atoms with E-state index < -0.39 is 12.0 Å². The Bertz CT molecular complexity index is 102. The van der Waals surface area contributed by atoms with Gasteiger partial charge in [0.15, 0.2) is 0 Å². The van der Waals surface area contributed by atoms with Crippen LogP contribution in [0.15, 0.2) is 0 Å². The van der Waals surface area contributed by atoms with Crippen molar-refractivity contribution in [3.05, 3.63) is 0 Å². The van der Waals surface area contributed by atoms with Gasteiger partial charge in [0, 0.05) is 0 Å². The SMILES string of the molecule is CSCCC(N)C(=O)O.[BiH3]. The van der Waals surface area contributed by atoms with Gasteiger partial charge >= 0.3 is 32.2 Å². The summed E-state index contributed by atoms with van der Waals surface area (Å²) in [5, 5.41) is 8.27. The van der Waals surface area contributed by atoms with E-state index in [-0.39, 0.29) is 26.2 Å². The molecule has 3 nitrogen and oxygen atoms in total. The monoisotopic (exact) mass is 361 g/mol. The van der Waals surface area contributed by atoms with Gasteiger partial charge in [-0.05, 0) is 18.4 Å². The van der Waals surface area contributed by atoms with Gasteiger partial charge in [-0.3, -0.25) is 4.79 Å². The van der Waals surface area contributed by atoms with E-state index in [1.807, 2.05) is 6.26 Å². The number of carbonyl (C=O) groups is 1. The van der Waals surface area contributed by atoms with E-state index in [0.717, 1.165) is 5.75 Å². The van der Waals surface area contributed by atoms with Crippen LogP contribution in [0.5, 0.6) is 0 Å². The van der Waals surface area contributed by atoms with Crippen molar-refractivity contribution in [2.45, 2.75) is 12.5 Å². The van der Waals surface area contributed by atoms with Crippen LogP contribution in [0.2, 0.25) is 0 Å². The van der Waals surface area contributed by atoms with Crippen LogP contribution in [-0.4, -0.2) is 55.3 Å². The maximum atomic E-state index is 10.1. The molecule has 3 N–H and O–H groups in total. The Kier molecular flexibility index (Phi) is 10.3. The number of hydrogen-bond acceptors (Lipinski definition) is 3. The first kappa shape index (κ1) is 13.3. The first-order valence-corrected chi connectivity index (χ1v) is 4.05. The van der Waals surface area contributed by atoms with Crippen molar-refractivity contribution < 1.29 is 9.90 Å². The molecule has 0 saturated carbocycles. The van der Waals surface area contributed by atoms with E-state index in [9.17, 15) is 4.79 Å². The normalized spacial score (nSPS) is 11.8. The molecule has 0 amide bonds. The summed E-state index contributed by atoms with van der Waals surface area (Å²) in [5.74, 6) is -0.1000. The number of hydrogen-bond donors (Lipinski definition) is 2. The van der Waals surface area contributed by atoms with Gasteiger partial charge in [-0.15, -0.1) is 0 Å². The molecule has 0 spiro atoms. The van der Waals surface area contributed by atoms with Crippen LogP contribution in [-0.2, 0) is 4.79 Å². The summed E-state index contributed by atoms with van der Waals surface area (Å²) < 4.78 is 0. The van der Waals surface area contributed by atoms with E-state index in [2.05, 4.69) is 0 Å². The van der Waals surface area contributed by atoms with Crippen LogP contribution in [0.25, 0.3) is 0 Å². The fourth-order valence-corrected chi connectivity index (χ4v) is 0.858. The second kappa shape index (κ2) is 7.77. The summed E-state index contributed by atoms with van der Waals surface area (Å²) in [7, 11) is 0. The number of thioether (sulfide) groups is 1. The van der Waals surface area contributed by atoms with Crippen molar-refractivity contribution in [1.82, 2.24) is 0 Å². The Labute approximate surface area is 83.9 Å². The summed E-state index contributed by atoms with van der Waals surface area (Å²) in [5.41, 5.74) is 5.19. The number of carboxylic acid groups (broad SMARTS) is 1. The molecule has 62 valence electrons. The summed E-state index contributed by atoms with van der Waals surface area (Å²) >= 11 is 1.60. The second-order valence-electron chi connectivity index (χ2n) is 1.73. The van der Waals surface area contributed by atoms with Crippen LogP contribution in [0.3, 0.4) is 0 Å². The molecule has 0 aromatic heterocycles. The average Bonchev–Trinajstić information content (AvgIpc) is 1.82. The number of nitrogens with two attached hydrogens (primary N) is 1. The van der Waals surface area contributed by atoms with E-state index in [0.29, 0.717) is 6.42 Å². The first-order chi connectivity index (χ1) is 4.18. The minimum absolute atomic E-state index is 0. The van der Waals surface area contributed by atoms with Crippen molar-refractivity contribution in [2.24, 2.45) is 5.73 Å². The van der Waals surface area contributed by atoms with Crippen molar-refractivity contribution in [3.63, 3.8) is 0 Å². The molecule has 0 aliphatic heterocycles. The van der Waals surface area contributed by atoms with Gasteiger partial charge in [-0.2, -0.15) is 11.8 Å². The van der Waals surface area contributed by atoms with E-state index in [1.54, 1.807) is 11.8 Å². The van der Waals surface area contributed by atoms with Gasteiger partial charge in [0.25, 0.3) is 0 Å². The zero-order chi connectivity index (χ0) is 7.28. The first-order valence-electron chi connectivity index (χ1n) is 2.65. The van der Waals surface area contributed by atoms with Crippen molar-refractivity contribution in [1.29, 1.82) is 0 Å². The fourth-order valence-electron chi connectivity index (χ4n) is 0.368. The van der Waals surface area contributed by atoms with Crippen molar-refractivity contribution >= 4 is 43.9 Å². The molecule has 0 saturated heterocycles. The summed E-state index contributed by atoms with van der Waals surface area (Å²) in [6, 6.07) is -0.683. The second-order valence-corrected chi connectivity index (χ2v) is 2.71. The molecule has 10 heavy (non-hydrogen) atoms. The molecule has 1 atom stereocenters. The standard InChI is InChI=1S/C5H11NO2S.Bi.3H/c1-9-3-2-4(6)5(7)8;;;;/h4H,2-3,6H2,1H3,(H,7,8);;;;. The zero-order valence-electron chi connectivity index (χ0n) is 6.04. The van der Waals surface area contributed by atoms with E-state index >= 15 is 0 Å². The van der Waals surface area contributed by atoms with Gasteiger partial charge < -0.3 is 10.8 Å². The average molecular weight is 361 g/mol. The Hall–Kier alpha value is 0.663. The van der Waals surface area contributed by atoms with Crippen LogP contribution in [0.1, 0.15) is 6.42 Å². The minimum atomic E-state index is -0.913. The third-order valence-corrected chi connectivity index (χ3v) is 1.59. The molecule has 0 aliphatic carbocycles. The summed E-state index contributed by atoms with van der Waals surface area (Å²) in [4.78, 5) is 10.1. The van der Waals surface area contributed by atoms with Gasteiger partial charge in [-0.25, -0.2) is 0 Å². The Morgan fingerprint density at radius 2 is 2.30 bits per heavy atom. The molecule has 5 heteroatoms. The molecule has 0 aromatic rings. The van der Waals surface area contributed by atoms with Gasteiger partial charge in [0.2, 0.25) is 0 Å². The molecule has 0 aliphatic rings. The topological polar surface area (TPSA) is 63.3 Å². The molecular formula is C5H14BiNO2S. The van der Waals surface area contributed by atoms with Gasteiger partial charge in [-0.1, -0.05) is 0 Å². The Balaban J connectivity index is 0. The summed E-state index contributed by atoms with van der Waals surface area (Å²) in [6.07, 6.45) is 2.48. The van der Waals surface area contributed by atoms with E-state index in [4.69, 9.17) is 10.8 Å². The molecule has 0 radical (unpaired) electrons. The molecule has 0 fully saturated rings. The molecule has 1 unspecified atom stereocenters. The van der Waals surface area contributed by atoms with Gasteiger partial charge in [0.1, 0.15) is 6.04 Å². The van der Waals surface area contributed by atoms with Crippen LogP contribution in [0, 0.1) is 0 Å². The maximum absolute atomic E-state index is 10.1. The fraction of sp³-hybridized carbons (Fsp3) is 0.800. The van der Waals surface area contributed by atoms with E-state index in [1.165, 1.54) is 0 Å². The number of carboxylic acids is 1. The van der Waals surface area contributed by atoms with Crippen LogP contribution < -0.4 is 5.73 Å².